The average Bonchev–Trinajstić information content (AvgIpc) is 2.64. The molecule has 11 heteroatoms. The Labute approximate surface area is 188 Å². The lowest BCUT2D eigenvalue weighted by atomic mass is 9.98. The van der Waals surface area contributed by atoms with Gasteiger partial charge in [-0.25, -0.2) is 4.79 Å². The Balaban J connectivity index is 5.54. The SMILES string of the molecule is CC(C)CC(NC(=O)C(CC(C)C)NC(=O)C(N)C(C)C)C(=O)NC(CC(=O)O)C(=O)O. The molecule has 4 atom stereocenters. The molecular weight excluding hydrogens is 420 g/mol. The fraction of sp³-hybridized carbons (Fsp3) is 0.762. The average molecular weight is 459 g/mol. The summed E-state index contributed by atoms with van der Waals surface area (Å²) in [5.41, 5.74) is 5.87. The summed E-state index contributed by atoms with van der Waals surface area (Å²) in [6, 6.07) is -4.49. The molecule has 0 aliphatic heterocycles. The number of aliphatic carboxylic acids is 2. The van der Waals surface area contributed by atoms with Crippen LogP contribution in [0.25, 0.3) is 0 Å². The van der Waals surface area contributed by atoms with Crippen molar-refractivity contribution in [1.82, 2.24) is 16.0 Å². The summed E-state index contributed by atoms with van der Waals surface area (Å²) in [5, 5.41) is 25.4. The molecule has 11 nitrogen and oxygen atoms in total. The molecule has 0 aromatic heterocycles. The molecule has 0 saturated heterocycles. The quantitative estimate of drug-likeness (QED) is 0.211. The minimum Gasteiger partial charge on any atom is -0.481 e. The summed E-state index contributed by atoms with van der Waals surface area (Å²) in [4.78, 5) is 60.2. The van der Waals surface area contributed by atoms with E-state index >= 15 is 0 Å². The predicted octanol–water partition coefficient (Wildman–Crippen LogP) is 0.0756. The highest BCUT2D eigenvalue weighted by atomic mass is 16.4. The van der Waals surface area contributed by atoms with Crippen LogP contribution in [-0.2, 0) is 24.0 Å². The van der Waals surface area contributed by atoms with Crippen LogP contribution in [0.2, 0.25) is 0 Å². The van der Waals surface area contributed by atoms with E-state index in [1.807, 2.05) is 27.7 Å². The van der Waals surface area contributed by atoms with Gasteiger partial charge in [0.15, 0.2) is 0 Å². The van der Waals surface area contributed by atoms with Gasteiger partial charge in [0.25, 0.3) is 0 Å². The van der Waals surface area contributed by atoms with Crippen molar-refractivity contribution >= 4 is 29.7 Å². The molecule has 0 bridgehead atoms. The summed E-state index contributed by atoms with van der Waals surface area (Å²) in [6.07, 6.45) is -0.317. The van der Waals surface area contributed by atoms with Gasteiger partial charge in [-0.2, -0.15) is 0 Å². The number of amides is 3. The largest absolute Gasteiger partial charge is 0.481 e. The lowest BCUT2D eigenvalue weighted by molar-refractivity contribution is -0.147. The molecule has 7 N–H and O–H groups in total. The van der Waals surface area contributed by atoms with Crippen LogP contribution in [0.1, 0.15) is 60.8 Å². The van der Waals surface area contributed by atoms with Crippen molar-refractivity contribution in [3.63, 3.8) is 0 Å². The van der Waals surface area contributed by atoms with Crippen LogP contribution in [0.4, 0.5) is 0 Å². The Kier molecular flexibility index (Phi) is 12.5. The third kappa shape index (κ3) is 11.1. The molecule has 0 radical (unpaired) electrons. The summed E-state index contributed by atoms with van der Waals surface area (Å²) < 4.78 is 0. The maximum Gasteiger partial charge on any atom is 0.326 e. The van der Waals surface area contributed by atoms with E-state index in [1.54, 1.807) is 13.8 Å². The first-order valence-corrected chi connectivity index (χ1v) is 10.8. The Morgan fingerprint density at radius 1 is 0.688 bits per heavy atom. The molecular formula is C21H38N4O7. The molecule has 0 aromatic carbocycles. The van der Waals surface area contributed by atoms with Crippen molar-refractivity contribution in [1.29, 1.82) is 0 Å². The summed E-state index contributed by atoms with van der Waals surface area (Å²) in [6.45, 7) is 10.9. The molecule has 0 aliphatic carbocycles. The topological polar surface area (TPSA) is 188 Å². The van der Waals surface area contributed by atoms with Gasteiger partial charge in [-0.05, 0) is 30.6 Å². The van der Waals surface area contributed by atoms with Crippen LogP contribution in [0.15, 0.2) is 0 Å². The van der Waals surface area contributed by atoms with E-state index in [4.69, 9.17) is 10.8 Å². The molecule has 4 unspecified atom stereocenters. The van der Waals surface area contributed by atoms with E-state index in [1.165, 1.54) is 0 Å². The molecule has 0 saturated carbocycles. The van der Waals surface area contributed by atoms with Crippen molar-refractivity contribution in [2.75, 3.05) is 0 Å². The normalized spacial score (nSPS) is 15.1. The fourth-order valence-electron chi connectivity index (χ4n) is 2.90. The van der Waals surface area contributed by atoms with Gasteiger partial charge in [0.2, 0.25) is 17.7 Å². The second-order valence-electron chi connectivity index (χ2n) is 9.15. The van der Waals surface area contributed by atoms with Crippen LogP contribution in [0.3, 0.4) is 0 Å². The van der Waals surface area contributed by atoms with Crippen molar-refractivity contribution < 1.29 is 34.2 Å². The zero-order chi connectivity index (χ0) is 25.2. The highest BCUT2D eigenvalue weighted by molar-refractivity contribution is 5.94. The van der Waals surface area contributed by atoms with E-state index in [0.29, 0.717) is 6.42 Å². The van der Waals surface area contributed by atoms with E-state index < -0.39 is 60.2 Å². The smallest absolute Gasteiger partial charge is 0.326 e. The molecule has 3 amide bonds. The van der Waals surface area contributed by atoms with Gasteiger partial charge in [-0.1, -0.05) is 41.5 Å². The van der Waals surface area contributed by atoms with Gasteiger partial charge >= 0.3 is 11.9 Å². The monoisotopic (exact) mass is 458 g/mol. The van der Waals surface area contributed by atoms with Crippen molar-refractivity contribution in [2.45, 2.75) is 85.0 Å². The van der Waals surface area contributed by atoms with Crippen molar-refractivity contribution in [3.05, 3.63) is 0 Å². The molecule has 0 rings (SSSR count). The summed E-state index contributed by atoms with van der Waals surface area (Å²) in [7, 11) is 0. The number of nitrogens with two attached hydrogens (primary N) is 1. The zero-order valence-electron chi connectivity index (χ0n) is 19.7. The van der Waals surface area contributed by atoms with Gasteiger partial charge in [0.05, 0.1) is 12.5 Å². The lowest BCUT2D eigenvalue weighted by Crippen LogP contribution is -2.58. The number of hydrogen-bond donors (Lipinski definition) is 6. The van der Waals surface area contributed by atoms with Gasteiger partial charge in [0.1, 0.15) is 18.1 Å². The summed E-state index contributed by atoms with van der Waals surface area (Å²) in [5.74, 6) is -4.92. The molecule has 0 aromatic rings. The zero-order valence-corrected chi connectivity index (χ0v) is 19.7. The third-order valence-corrected chi connectivity index (χ3v) is 4.69. The first-order valence-electron chi connectivity index (χ1n) is 10.8. The molecule has 0 spiro atoms. The molecule has 0 heterocycles. The van der Waals surface area contributed by atoms with Crippen LogP contribution < -0.4 is 21.7 Å². The minimum atomic E-state index is -1.64. The minimum absolute atomic E-state index is 0.0405. The first kappa shape index (κ1) is 29.3. The Bertz CT molecular complexity index is 679. The van der Waals surface area contributed by atoms with Gasteiger partial charge < -0.3 is 31.9 Å². The van der Waals surface area contributed by atoms with Gasteiger partial charge in [-0.15, -0.1) is 0 Å². The Morgan fingerprint density at radius 2 is 1.06 bits per heavy atom. The third-order valence-electron chi connectivity index (χ3n) is 4.69. The fourth-order valence-corrected chi connectivity index (χ4v) is 2.90. The number of carboxylic acids is 2. The van der Waals surface area contributed by atoms with Crippen LogP contribution in [0.5, 0.6) is 0 Å². The van der Waals surface area contributed by atoms with Crippen molar-refractivity contribution in [3.8, 4) is 0 Å². The molecule has 0 aliphatic rings. The second kappa shape index (κ2) is 13.7. The van der Waals surface area contributed by atoms with Crippen LogP contribution in [-0.4, -0.2) is 64.0 Å². The van der Waals surface area contributed by atoms with Crippen LogP contribution in [0, 0.1) is 17.8 Å². The Morgan fingerprint density at radius 3 is 1.38 bits per heavy atom. The first-order chi connectivity index (χ1) is 14.6. The standard InChI is InChI=1S/C21H38N4O7/c1-10(2)7-13(19(29)25-15(21(31)32)9-16(26)27)23-18(28)14(8-11(3)4)24-20(30)17(22)12(5)6/h10-15,17H,7-9,22H2,1-6H3,(H,23,28)(H,24,30)(H,25,29)(H,26,27)(H,31,32). The highest BCUT2D eigenvalue weighted by Gasteiger charge is 2.32. The number of rotatable bonds is 14. The number of hydrogen-bond acceptors (Lipinski definition) is 6. The summed E-state index contributed by atoms with van der Waals surface area (Å²) >= 11 is 0. The van der Waals surface area contributed by atoms with E-state index in [0.717, 1.165) is 0 Å². The van der Waals surface area contributed by atoms with Gasteiger partial charge in [0, 0.05) is 0 Å². The molecule has 184 valence electrons. The maximum absolute atomic E-state index is 12.9. The second-order valence-corrected chi connectivity index (χ2v) is 9.15. The number of carbonyl (C=O) groups excluding carboxylic acids is 3. The van der Waals surface area contributed by atoms with Gasteiger partial charge in [-0.3, -0.25) is 19.2 Å². The van der Waals surface area contributed by atoms with Crippen LogP contribution >= 0.6 is 0 Å². The highest BCUT2D eigenvalue weighted by Crippen LogP contribution is 2.10. The van der Waals surface area contributed by atoms with E-state index in [2.05, 4.69) is 16.0 Å². The number of nitrogens with one attached hydrogen (secondary N) is 3. The number of carbonyl (C=O) groups is 5. The number of carboxylic acid groups (broad SMARTS) is 2. The van der Waals surface area contributed by atoms with E-state index in [-0.39, 0.29) is 24.2 Å². The molecule has 0 fully saturated rings. The van der Waals surface area contributed by atoms with E-state index in [9.17, 15) is 29.1 Å². The predicted molar refractivity (Wildman–Crippen MR) is 117 cm³/mol. The maximum atomic E-state index is 12.9. The lowest BCUT2D eigenvalue weighted by Gasteiger charge is -2.27. The molecule has 32 heavy (non-hydrogen) atoms. The Hall–Kier alpha value is -2.69. The van der Waals surface area contributed by atoms with Crippen molar-refractivity contribution in [2.24, 2.45) is 23.5 Å².